The van der Waals surface area contributed by atoms with Crippen LogP contribution in [0.3, 0.4) is 0 Å². The Morgan fingerprint density at radius 1 is 0.913 bits per heavy atom. The van der Waals surface area contributed by atoms with Crippen molar-refractivity contribution in [2.24, 2.45) is 0 Å². The fraction of sp³-hybridized carbons (Fsp3) is 0.0526. The number of furan rings is 1. The van der Waals surface area contributed by atoms with Crippen molar-refractivity contribution in [2.45, 2.75) is 6.42 Å². The molecule has 4 rings (SSSR count). The molecule has 2 aromatic carbocycles. The molecule has 2 heterocycles. The molecule has 4 aromatic rings. The van der Waals surface area contributed by atoms with Crippen LogP contribution in [0.2, 0.25) is 0 Å². The number of hydrogen-bond donors (Lipinski definition) is 0. The van der Waals surface area contributed by atoms with Gasteiger partial charge in [-0.1, -0.05) is 24.3 Å². The molecule has 4 heteroatoms. The first-order valence-electron chi connectivity index (χ1n) is 7.33. The van der Waals surface area contributed by atoms with Crippen LogP contribution in [-0.2, 0) is 6.42 Å². The topological polar surface area (TPSA) is 38.9 Å². The van der Waals surface area contributed by atoms with Gasteiger partial charge in [-0.3, -0.25) is 0 Å². The third-order valence-electron chi connectivity index (χ3n) is 3.73. The molecular formula is C19H13FN2O. The van der Waals surface area contributed by atoms with Crippen LogP contribution in [0.5, 0.6) is 0 Å². The van der Waals surface area contributed by atoms with E-state index in [0.29, 0.717) is 18.0 Å². The summed E-state index contributed by atoms with van der Waals surface area (Å²) in [4.78, 5) is 8.48. The molecule has 3 nitrogen and oxygen atoms in total. The Morgan fingerprint density at radius 2 is 1.74 bits per heavy atom. The third kappa shape index (κ3) is 2.71. The van der Waals surface area contributed by atoms with Crippen LogP contribution in [0, 0.1) is 5.82 Å². The molecule has 0 fully saturated rings. The van der Waals surface area contributed by atoms with Crippen LogP contribution in [0.4, 0.5) is 4.39 Å². The summed E-state index contributed by atoms with van der Waals surface area (Å²) in [6.45, 7) is 0. The van der Waals surface area contributed by atoms with Gasteiger partial charge in [0, 0.05) is 29.8 Å². The summed E-state index contributed by atoms with van der Waals surface area (Å²) >= 11 is 0. The lowest BCUT2D eigenvalue weighted by Crippen LogP contribution is -1.97. The van der Waals surface area contributed by atoms with Gasteiger partial charge in [-0.05, 0) is 35.9 Å². The van der Waals surface area contributed by atoms with E-state index < -0.39 is 0 Å². The van der Waals surface area contributed by atoms with Gasteiger partial charge in [0.25, 0.3) is 0 Å². The van der Waals surface area contributed by atoms with Crippen molar-refractivity contribution in [3.05, 3.63) is 84.2 Å². The highest BCUT2D eigenvalue weighted by atomic mass is 19.1. The number of aromatic nitrogens is 2. The molecule has 0 saturated heterocycles. The summed E-state index contributed by atoms with van der Waals surface area (Å²) in [6.07, 6.45) is 3.92. The molecule has 2 aromatic heterocycles. The lowest BCUT2D eigenvalue weighted by Gasteiger charge is -2.07. The van der Waals surface area contributed by atoms with Gasteiger partial charge in [0.2, 0.25) is 0 Å². The minimum absolute atomic E-state index is 0.293. The summed E-state index contributed by atoms with van der Waals surface area (Å²) in [5.74, 6) is 1.05. The van der Waals surface area contributed by atoms with Gasteiger partial charge in [0.05, 0.1) is 0 Å². The van der Waals surface area contributed by atoms with Crippen LogP contribution in [0.15, 0.2) is 71.4 Å². The van der Waals surface area contributed by atoms with Crippen LogP contribution in [0.25, 0.3) is 22.3 Å². The Balaban J connectivity index is 1.82. The van der Waals surface area contributed by atoms with Gasteiger partial charge < -0.3 is 4.42 Å². The van der Waals surface area contributed by atoms with Crippen molar-refractivity contribution in [3.8, 4) is 11.3 Å². The highest BCUT2D eigenvalue weighted by Crippen LogP contribution is 2.31. The fourth-order valence-electron chi connectivity index (χ4n) is 2.64. The smallest absolute Gasteiger partial charge is 0.135 e. The average molecular weight is 304 g/mol. The monoisotopic (exact) mass is 304 g/mol. The lowest BCUT2D eigenvalue weighted by atomic mass is 10.0. The van der Waals surface area contributed by atoms with Crippen molar-refractivity contribution >= 4 is 11.0 Å². The molecule has 0 saturated carbocycles. The molecule has 0 aliphatic rings. The van der Waals surface area contributed by atoms with Crippen LogP contribution >= 0.6 is 0 Å². The lowest BCUT2D eigenvalue weighted by molar-refractivity contribution is 0.616. The van der Waals surface area contributed by atoms with Crippen molar-refractivity contribution in [1.29, 1.82) is 0 Å². The Morgan fingerprint density at radius 3 is 2.57 bits per heavy atom. The number of halogens is 1. The molecule has 0 amide bonds. The molecule has 23 heavy (non-hydrogen) atoms. The van der Waals surface area contributed by atoms with Crippen molar-refractivity contribution < 1.29 is 8.81 Å². The van der Waals surface area contributed by atoms with Crippen LogP contribution in [0.1, 0.15) is 11.4 Å². The number of para-hydroxylation sites is 1. The third-order valence-corrected chi connectivity index (χ3v) is 3.73. The zero-order valence-electron chi connectivity index (χ0n) is 12.2. The second-order valence-electron chi connectivity index (χ2n) is 5.29. The minimum atomic E-state index is -0.293. The molecule has 0 aliphatic heterocycles. The van der Waals surface area contributed by atoms with Gasteiger partial charge in [-0.15, -0.1) is 0 Å². The molecule has 0 aliphatic carbocycles. The Bertz CT molecular complexity index is 930. The maximum absolute atomic E-state index is 13.8. The normalized spacial score (nSPS) is 11.0. The van der Waals surface area contributed by atoms with Crippen LogP contribution < -0.4 is 0 Å². The molecule has 112 valence electrons. The van der Waals surface area contributed by atoms with E-state index in [9.17, 15) is 4.39 Å². The number of hydrogen-bond acceptors (Lipinski definition) is 3. The Kier molecular flexibility index (Phi) is 3.35. The molecule has 0 radical (unpaired) electrons. The summed E-state index contributed by atoms with van der Waals surface area (Å²) < 4.78 is 19.6. The highest BCUT2D eigenvalue weighted by Gasteiger charge is 2.13. The quantitative estimate of drug-likeness (QED) is 0.554. The standard InChI is InChI=1S/C19H13FN2O/c20-15-7-6-13(11-19-21-8-3-9-22-19)16(12-15)18-10-14-4-1-2-5-17(14)23-18/h1-10,12H,11H2. The van der Waals surface area contributed by atoms with E-state index in [1.807, 2.05) is 30.3 Å². The minimum Gasteiger partial charge on any atom is -0.456 e. The van der Waals surface area contributed by atoms with E-state index in [0.717, 1.165) is 22.1 Å². The molecular weight excluding hydrogens is 291 g/mol. The van der Waals surface area contributed by atoms with Gasteiger partial charge in [0.1, 0.15) is 23.0 Å². The maximum Gasteiger partial charge on any atom is 0.135 e. The average Bonchev–Trinajstić information content (AvgIpc) is 3.01. The summed E-state index contributed by atoms with van der Waals surface area (Å²) in [7, 11) is 0. The van der Waals surface area contributed by atoms with Crippen molar-refractivity contribution in [3.63, 3.8) is 0 Å². The molecule has 0 unspecified atom stereocenters. The molecule has 0 bridgehead atoms. The first-order chi connectivity index (χ1) is 11.3. The molecule has 0 atom stereocenters. The molecule has 0 spiro atoms. The highest BCUT2D eigenvalue weighted by molar-refractivity contribution is 5.83. The fourth-order valence-corrected chi connectivity index (χ4v) is 2.64. The predicted molar refractivity (Wildman–Crippen MR) is 86.4 cm³/mol. The first kappa shape index (κ1) is 13.6. The Hall–Kier alpha value is -3.01. The van der Waals surface area contributed by atoms with Gasteiger partial charge in [0.15, 0.2) is 0 Å². The van der Waals surface area contributed by atoms with E-state index >= 15 is 0 Å². The van der Waals surface area contributed by atoms with Gasteiger partial charge in [-0.25, -0.2) is 14.4 Å². The van der Waals surface area contributed by atoms with E-state index in [4.69, 9.17) is 4.42 Å². The van der Waals surface area contributed by atoms with E-state index in [2.05, 4.69) is 9.97 Å². The molecule has 0 N–H and O–H groups in total. The van der Waals surface area contributed by atoms with E-state index in [-0.39, 0.29) is 5.82 Å². The summed E-state index contributed by atoms with van der Waals surface area (Å²) in [6, 6.07) is 16.1. The van der Waals surface area contributed by atoms with Gasteiger partial charge in [-0.2, -0.15) is 0 Å². The summed E-state index contributed by atoms with van der Waals surface area (Å²) in [5.41, 5.74) is 2.44. The Labute approximate surface area is 132 Å². The SMILES string of the molecule is Fc1ccc(Cc2ncccn2)c(-c2cc3ccccc3o2)c1. The largest absolute Gasteiger partial charge is 0.456 e. The van der Waals surface area contributed by atoms with Crippen molar-refractivity contribution in [2.75, 3.05) is 0 Å². The number of nitrogens with zero attached hydrogens (tertiary/aromatic N) is 2. The number of rotatable bonds is 3. The van der Waals surface area contributed by atoms with Crippen LogP contribution in [-0.4, -0.2) is 9.97 Å². The van der Waals surface area contributed by atoms with E-state index in [1.165, 1.54) is 12.1 Å². The zero-order valence-corrected chi connectivity index (χ0v) is 12.2. The maximum atomic E-state index is 13.8. The second-order valence-corrected chi connectivity index (χ2v) is 5.29. The predicted octanol–water partition coefficient (Wildman–Crippen LogP) is 4.62. The van der Waals surface area contributed by atoms with E-state index in [1.54, 1.807) is 24.5 Å². The first-order valence-corrected chi connectivity index (χ1v) is 7.33. The van der Waals surface area contributed by atoms with Crippen molar-refractivity contribution in [1.82, 2.24) is 9.97 Å². The van der Waals surface area contributed by atoms with Gasteiger partial charge >= 0.3 is 0 Å². The number of benzene rings is 2. The number of fused-ring (bicyclic) bond motifs is 1. The zero-order chi connectivity index (χ0) is 15.6. The summed E-state index contributed by atoms with van der Waals surface area (Å²) in [5, 5.41) is 0.994. The second kappa shape index (κ2) is 5.65.